The van der Waals surface area contributed by atoms with Crippen LogP contribution < -0.4 is 11.1 Å². The van der Waals surface area contributed by atoms with Gasteiger partial charge in [0.05, 0.1) is 0 Å². The summed E-state index contributed by atoms with van der Waals surface area (Å²) in [7, 11) is 1.62. The van der Waals surface area contributed by atoms with E-state index in [0.29, 0.717) is 22.3 Å². The summed E-state index contributed by atoms with van der Waals surface area (Å²) in [6.45, 7) is -1.78. The van der Waals surface area contributed by atoms with Gasteiger partial charge in [0, 0.05) is 30.1 Å². The van der Waals surface area contributed by atoms with E-state index >= 15 is 0 Å². The molecule has 1 saturated heterocycles. The van der Waals surface area contributed by atoms with Crippen molar-refractivity contribution < 1.29 is 37.5 Å². The number of oxime groups is 1. The Bertz CT molecular complexity index is 1300. The number of halogens is 3. The number of carboxylic acids is 1. The van der Waals surface area contributed by atoms with Crippen LogP contribution in [0.3, 0.4) is 0 Å². The van der Waals surface area contributed by atoms with Crippen LogP contribution in [0.2, 0.25) is 0 Å². The monoisotopic (exact) mass is 580 g/mol. The molecule has 15 nitrogen and oxygen atoms in total. The van der Waals surface area contributed by atoms with Gasteiger partial charge in [-0.3, -0.25) is 14.5 Å². The lowest BCUT2D eigenvalue weighted by Crippen LogP contribution is -2.71. The molecule has 4 rings (SSSR count). The Morgan fingerprint density at radius 2 is 2.16 bits per heavy atom. The molecule has 2 aliphatic rings. The molecule has 0 spiro atoms. The molecule has 1 unspecified atom stereocenters. The largest absolute Gasteiger partial charge is 0.477 e. The second-order valence-corrected chi connectivity index (χ2v) is 10.1. The van der Waals surface area contributed by atoms with Crippen LogP contribution in [0.4, 0.5) is 18.3 Å². The highest BCUT2D eigenvalue weighted by Gasteiger charge is 2.54. The van der Waals surface area contributed by atoms with Gasteiger partial charge in [-0.05, 0) is 16.0 Å². The number of nitrogens with two attached hydrogens (primary N) is 1. The van der Waals surface area contributed by atoms with E-state index in [2.05, 4.69) is 40.2 Å². The SMILES string of the molecule is Cn1nnnc1SCC1=C(C(=O)O)N2C(=O)C(NC(=O)C(=NOCC(F)(F)F)c3nsc(N)n3)[C@@H]2SC1. The number of rotatable bonds is 9. The van der Waals surface area contributed by atoms with Crippen LogP contribution in [0, 0.1) is 0 Å². The zero-order valence-electron chi connectivity index (χ0n) is 18.4. The highest BCUT2D eigenvalue weighted by molar-refractivity contribution is 8.01. The van der Waals surface area contributed by atoms with Gasteiger partial charge in [-0.25, -0.2) is 9.48 Å². The molecule has 2 amide bonds. The average molecular weight is 581 g/mol. The van der Waals surface area contributed by atoms with E-state index < -0.39 is 53.5 Å². The molecular weight excluding hydrogens is 565 g/mol. The number of carbonyl (C=O) groups is 3. The van der Waals surface area contributed by atoms with Gasteiger partial charge in [-0.15, -0.1) is 16.9 Å². The quantitative estimate of drug-likeness (QED) is 0.148. The van der Waals surface area contributed by atoms with Gasteiger partial charge in [-0.2, -0.15) is 22.5 Å². The molecule has 0 aliphatic carbocycles. The number of aliphatic carboxylic acids is 1. The van der Waals surface area contributed by atoms with Crippen LogP contribution in [0.25, 0.3) is 0 Å². The lowest BCUT2D eigenvalue weighted by atomic mass is 10.0. The summed E-state index contributed by atoms with van der Waals surface area (Å²) in [6, 6.07) is -1.19. The molecule has 2 aromatic rings. The number of nitrogen functional groups attached to an aromatic ring is 1. The molecule has 0 aromatic carbocycles. The standard InChI is InChI=1S/C16H15F3N10O5S3/c1-28-15(23-26-27-28)36-3-5-2-35-12-7(11(31)29(12)8(5)13(32)33)21-10(30)6(9-22-14(20)37-25-9)24-34-4-16(17,18)19/h7,12H,2-4H2,1H3,(H,21,30)(H,32,33)(H2,20,22,25)/t7?,12-/m0/s1. The van der Waals surface area contributed by atoms with Crippen molar-refractivity contribution in [2.75, 3.05) is 23.8 Å². The number of alkyl halides is 3. The fourth-order valence-corrected chi connectivity index (χ4v) is 5.95. The number of fused-ring (bicyclic) bond motifs is 1. The zero-order chi connectivity index (χ0) is 26.9. The first-order valence-electron chi connectivity index (χ1n) is 9.88. The van der Waals surface area contributed by atoms with Gasteiger partial charge < -0.3 is 21.0 Å². The van der Waals surface area contributed by atoms with Crippen molar-refractivity contribution in [2.45, 2.75) is 22.7 Å². The topological polar surface area (TPSA) is 204 Å². The van der Waals surface area contributed by atoms with Crippen molar-refractivity contribution in [1.29, 1.82) is 0 Å². The molecule has 198 valence electrons. The second kappa shape index (κ2) is 10.5. The molecule has 4 N–H and O–H groups in total. The van der Waals surface area contributed by atoms with E-state index in [0.717, 1.165) is 4.90 Å². The minimum atomic E-state index is -4.72. The molecular formula is C16H15F3N10O5S3. The van der Waals surface area contributed by atoms with E-state index in [1.54, 1.807) is 7.05 Å². The Balaban J connectivity index is 1.49. The first-order valence-corrected chi connectivity index (χ1v) is 12.7. The van der Waals surface area contributed by atoms with Crippen LogP contribution in [0.1, 0.15) is 5.82 Å². The molecule has 0 bridgehead atoms. The number of thioether (sulfide) groups is 2. The van der Waals surface area contributed by atoms with Crippen LogP contribution >= 0.6 is 35.1 Å². The van der Waals surface area contributed by atoms with Crippen molar-refractivity contribution in [3.05, 3.63) is 17.1 Å². The number of anilines is 1. The number of carbonyl (C=O) groups excluding carboxylic acids is 2. The van der Waals surface area contributed by atoms with E-state index in [4.69, 9.17) is 5.73 Å². The minimum absolute atomic E-state index is 0.0844. The zero-order valence-corrected chi connectivity index (χ0v) is 20.8. The van der Waals surface area contributed by atoms with Gasteiger partial charge in [0.1, 0.15) is 17.1 Å². The number of aryl methyl sites for hydroxylation is 1. The van der Waals surface area contributed by atoms with Gasteiger partial charge >= 0.3 is 12.1 Å². The summed E-state index contributed by atoms with van der Waals surface area (Å²) in [5.41, 5.74) is 4.98. The maximum Gasteiger partial charge on any atom is 0.425 e. The first kappa shape index (κ1) is 26.6. The number of hydrogen-bond donors (Lipinski definition) is 3. The summed E-state index contributed by atoms with van der Waals surface area (Å²) < 4.78 is 42.5. The average Bonchev–Trinajstić information content (AvgIpc) is 3.44. The third-order valence-corrected chi connectivity index (χ3v) is 7.72. The molecule has 21 heteroatoms. The van der Waals surface area contributed by atoms with Crippen molar-refractivity contribution in [3.63, 3.8) is 0 Å². The Morgan fingerprint density at radius 3 is 2.76 bits per heavy atom. The predicted molar refractivity (Wildman–Crippen MR) is 122 cm³/mol. The summed E-state index contributed by atoms with van der Waals surface area (Å²) in [5, 5.41) is 25.9. The fraction of sp³-hybridized carbons (Fsp3) is 0.438. The summed E-state index contributed by atoms with van der Waals surface area (Å²) in [6.07, 6.45) is -4.72. The van der Waals surface area contributed by atoms with E-state index in [9.17, 15) is 32.7 Å². The number of amides is 2. The molecule has 2 aliphatic heterocycles. The number of aromatic nitrogens is 6. The number of hydrogen-bond acceptors (Lipinski definition) is 14. The van der Waals surface area contributed by atoms with Gasteiger partial charge in [0.2, 0.25) is 23.3 Å². The highest BCUT2D eigenvalue weighted by atomic mass is 32.2. The predicted octanol–water partition coefficient (Wildman–Crippen LogP) is -0.542. The minimum Gasteiger partial charge on any atom is -0.477 e. The smallest absolute Gasteiger partial charge is 0.425 e. The number of nitrogens with zero attached hydrogens (tertiary/aromatic N) is 8. The van der Waals surface area contributed by atoms with Crippen LogP contribution in [0.15, 0.2) is 21.6 Å². The highest BCUT2D eigenvalue weighted by Crippen LogP contribution is 2.41. The molecule has 2 aromatic heterocycles. The van der Waals surface area contributed by atoms with Crippen LogP contribution in [-0.2, 0) is 26.3 Å². The van der Waals surface area contributed by atoms with Crippen molar-refractivity contribution >= 4 is 63.7 Å². The van der Waals surface area contributed by atoms with Crippen molar-refractivity contribution in [2.24, 2.45) is 12.2 Å². The Morgan fingerprint density at radius 1 is 1.41 bits per heavy atom. The first-order chi connectivity index (χ1) is 17.5. The van der Waals surface area contributed by atoms with Crippen molar-refractivity contribution in [3.8, 4) is 0 Å². The van der Waals surface area contributed by atoms with Gasteiger partial charge in [0.25, 0.3) is 11.8 Å². The molecule has 37 heavy (non-hydrogen) atoms. The normalized spacial score (nSPS) is 19.9. The Labute approximate surface area is 216 Å². The summed E-state index contributed by atoms with van der Waals surface area (Å²) >= 11 is 3.05. The number of β-lactam (4-membered cyclic amide) rings is 1. The molecule has 1 fully saturated rings. The Kier molecular flexibility index (Phi) is 7.54. The molecule has 0 radical (unpaired) electrons. The number of tetrazole rings is 1. The lowest BCUT2D eigenvalue weighted by Gasteiger charge is -2.49. The maximum atomic E-state index is 12.9. The molecule has 2 atom stereocenters. The Hall–Kier alpha value is -3.46. The van der Waals surface area contributed by atoms with E-state index in [1.165, 1.54) is 28.2 Å². The number of carboxylic acid groups (broad SMARTS) is 1. The van der Waals surface area contributed by atoms with Gasteiger partial charge in [-0.1, -0.05) is 16.9 Å². The van der Waals surface area contributed by atoms with Crippen molar-refractivity contribution in [1.82, 2.24) is 39.8 Å². The van der Waals surface area contributed by atoms with E-state index in [1.807, 2.05) is 0 Å². The fourth-order valence-electron chi connectivity index (χ4n) is 3.18. The van der Waals surface area contributed by atoms with Gasteiger partial charge in [0.15, 0.2) is 5.13 Å². The van der Waals surface area contributed by atoms with Crippen LogP contribution in [-0.4, -0.2) is 98.8 Å². The third kappa shape index (κ3) is 5.77. The molecule has 0 saturated carbocycles. The van der Waals surface area contributed by atoms with Crippen LogP contribution in [0.5, 0.6) is 0 Å². The maximum absolute atomic E-state index is 12.9. The van der Waals surface area contributed by atoms with E-state index in [-0.39, 0.29) is 22.3 Å². The molecule has 4 heterocycles. The second-order valence-electron chi connectivity index (χ2n) is 7.28. The number of nitrogens with one attached hydrogen (secondary N) is 1. The summed E-state index contributed by atoms with van der Waals surface area (Å²) in [4.78, 5) is 46.7. The third-order valence-electron chi connectivity index (χ3n) is 4.75. The summed E-state index contributed by atoms with van der Waals surface area (Å²) in [5.74, 6) is -3.14. The lowest BCUT2D eigenvalue weighted by molar-refractivity contribution is -0.174.